The van der Waals surface area contributed by atoms with Crippen LogP contribution < -0.4 is 11.1 Å². The van der Waals surface area contributed by atoms with Crippen LogP contribution in [0.3, 0.4) is 0 Å². The van der Waals surface area contributed by atoms with Crippen molar-refractivity contribution < 1.29 is 4.79 Å². The number of benzene rings is 1. The van der Waals surface area contributed by atoms with Crippen LogP contribution >= 0.6 is 27.5 Å². The fourth-order valence-corrected chi connectivity index (χ4v) is 4.14. The summed E-state index contributed by atoms with van der Waals surface area (Å²) in [5, 5.41) is 8.75. The van der Waals surface area contributed by atoms with Crippen molar-refractivity contribution in [2.45, 2.75) is 33.4 Å². The molecule has 0 saturated carbocycles. The summed E-state index contributed by atoms with van der Waals surface area (Å²) in [7, 11) is 0. The van der Waals surface area contributed by atoms with Crippen molar-refractivity contribution in [3.05, 3.63) is 74.5 Å². The molecular weight excluding hydrogens is 494 g/mol. The van der Waals surface area contributed by atoms with E-state index < -0.39 is 0 Å². The van der Waals surface area contributed by atoms with E-state index in [1.165, 1.54) is 0 Å². The number of carbonyl (C=O) groups is 1. The van der Waals surface area contributed by atoms with E-state index >= 15 is 0 Å². The Morgan fingerprint density at radius 2 is 2.06 bits per heavy atom. The van der Waals surface area contributed by atoms with Gasteiger partial charge in [-0.15, -0.1) is 5.10 Å². The van der Waals surface area contributed by atoms with Crippen molar-refractivity contribution in [2.75, 3.05) is 5.73 Å². The molecule has 1 aromatic carbocycles. The van der Waals surface area contributed by atoms with Crippen LogP contribution in [0.4, 0.5) is 5.82 Å². The number of anilines is 1. The summed E-state index contributed by atoms with van der Waals surface area (Å²) < 4.78 is 1.90. The lowest BCUT2D eigenvalue weighted by Gasteiger charge is -2.13. The maximum absolute atomic E-state index is 12.9. The highest BCUT2D eigenvalue weighted by Gasteiger charge is 2.18. The topological polar surface area (TPSA) is 112 Å². The second-order valence-corrected chi connectivity index (χ2v) is 8.49. The third-order valence-electron chi connectivity index (χ3n) is 5.14. The fourth-order valence-electron chi connectivity index (χ4n) is 3.61. The summed E-state index contributed by atoms with van der Waals surface area (Å²) in [6.45, 7) is 4.62. The number of amides is 1. The Morgan fingerprint density at radius 1 is 1.25 bits per heavy atom. The number of nitrogens with zero attached hydrogens (tertiary/aromatic N) is 5. The van der Waals surface area contributed by atoms with Gasteiger partial charge in [-0.3, -0.25) is 9.78 Å². The van der Waals surface area contributed by atoms with Gasteiger partial charge in [0.15, 0.2) is 0 Å². The van der Waals surface area contributed by atoms with Crippen LogP contribution in [0.15, 0.2) is 41.3 Å². The first-order valence-electron chi connectivity index (χ1n) is 10.0. The molecule has 3 heterocycles. The molecule has 0 spiro atoms. The van der Waals surface area contributed by atoms with Crippen LogP contribution in [0.2, 0.25) is 5.02 Å². The number of nitrogens with two attached hydrogens (primary N) is 1. The number of fused-ring (bicyclic) bond motifs is 1. The molecule has 8 nitrogen and oxygen atoms in total. The molecular formula is C22H21BrClN7O. The number of pyridine rings is 2. The number of aryl methyl sites for hydroxylation is 2. The molecule has 0 radical (unpaired) electrons. The van der Waals surface area contributed by atoms with Crippen molar-refractivity contribution in [1.82, 2.24) is 30.0 Å². The van der Waals surface area contributed by atoms with Gasteiger partial charge in [0, 0.05) is 23.8 Å². The predicted octanol–water partition coefficient (Wildman–Crippen LogP) is 4.07. The minimum absolute atomic E-state index is 0.209. The highest BCUT2D eigenvalue weighted by Crippen LogP contribution is 2.20. The second-order valence-electron chi connectivity index (χ2n) is 7.35. The van der Waals surface area contributed by atoms with Crippen LogP contribution in [-0.2, 0) is 19.5 Å². The van der Waals surface area contributed by atoms with E-state index in [9.17, 15) is 4.79 Å². The zero-order chi connectivity index (χ0) is 22.8. The van der Waals surface area contributed by atoms with Crippen LogP contribution in [0.1, 0.15) is 39.9 Å². The molecule has 0 aliphatic carbocycles. The van der Waals surface area contributed by atoms with E-state index in [2.05, 4.69) is 41.3 Å². The van der Waals surface area contributed by atoms with Gasteiger partial charge in [-0.1, -0.05) is 24.6 Å². The van der Waals surface area contributed by atoms with Gasteiger partial charge in [0.05, 0.1) is 17.1 Å². The first-order valence-corrected chi connectivity index (χ1v) is 11.2. The summed E-state index contributed by atoms with van der Waals surface area (Å²) in [5.41, 5.74) is 10.5. The molecule has 0 aliphatic rings. The van der Waals surface area contributed by atoms with Gasteiger partial charge < -0.3 is 11.1 Å². The van der Waals surface area contributed by atoms with Crippen molar-refractivity contribution in [1.29, 1.82) is 0 Å². The van der Waals surface area contributed by atoms with Crippen molar-refractivity contribution >= 4 is 50.2 Å². The minimum Gasteiger partial charge on any atom is -0.384 e. The number of hydrogen-bond donors (Lipinski definition) is 2. The lowest BCUT2D eigenvalue weighted by molar-refractivity contribution is 0.0935. The molecule has 10 heteroatoms. The number of hydrogen-bond acceptors (Lipinski definition) is 6. The Balaban J connectivity index is 1.55. The van der Waals surface area contributed by atoms with Gasteiger partial charge in [-0.05, 0) is 70.2 Å². The first-order chi connectivity index (χ1) is 15.3. The summed E-state index contributed by atoms with van der Waals surface area (Å²) >= 11 is 9.35. The standard InChI is InChI=1S/C22H21BrClN7O/c1-3-14-8-19(25)28-12(2)17(14)10-27-21(32)20-29-22(23)30-31(20)11-13-4-5-18-15(6-13)7-16(24)9-26-18/h4-9H,3,10-11H2,1-2H3,(H2,25,28)(H,27,32). The SMILES string of the molecule is CCc1cc(N)nc(C)c1CNC(=O)c1nc(Br)nn1Cc1ccc2ncc(Cl)cc2c1. The van der Waals surface area contributed by atoms with Gasteiger partial charge in [-0.25, -0.2) is 9.67 Å². The van der Waals surface area contributed by atoms with Crippen molar-refractivity contribution in [3.63, 3.8) is 0 Å². The summed E-state index contributed by atoms with van der Waals surface area (Å²) in [5.74, 6) is 0.359. The van der Waals surface area contributed by atoms with Gasteiger partial charge in [-0.2, -0.15) is 4.98 Å². The number of carbonyl (C=O) groups excluding carboxylic acids is 1. The highest BCUT2D eigenvalue weighted by atomic mass is 79.9. The number of nitrogen functional groups attached to an aromatic ring is 1. The number of nitrogens with one attached hydrogen (secondary N) is 1. The van der Waals surface area contributed by atoms with Crippen molar-refractivity contribution in [3.8, 4) is 0 Å². The number of rotatable bonds is 6. The first kappa shape index (κ1) is 22.2. The molecule has 3 N–H and O–H groups in total. The van der Waals surface area contributed by atoms with E-state index in [0.29, 0.717) is 28.7 Å². The van der Waals surface area contributed by atoms with E-state index in [-0.39, 0.29) is 11.7 Å². The fraction of sp³-hybridized carbons (Fsp3) is 0.227. The molecule has 0 fully saturated rings. The monoisotopic (exact) mass is 513 g/mol. The number of aromatic nitrogens is 5. The lowest BCUT2D eigenvalue weighted by atomic mass is 10.0. The van der Waals surface area contributed by atoms with Crippen LogP contribution in [0, 0.1) is 6.92 Å². The Morgan fingerprint density at radius 3 is 2.84 bits per heavy atom. The van der Waals surface area contributed by atoms with Crippen molar-refractivity contribution in [2.24, 2.45) is 0 Å². The Kier molecular flexibility index (Phi) is 6.38. The molecule has 0 atom stereocenters. The smallest absolute Gasteiger partial charge is 0.289 e. The Bertz CT molecular complexity index is 1320. The summed E-state index contributed by atoms with van der Waals surface area (Å²) in [6.07, 6.45) is 2.41. The summed E-state index contributed by atoms with van der Waals surface area (Å²) in [4.78, 5) is 25.8. The predicted molar refractivity (Wildman–Crippen MR) is 128 cm³/mol. The lowest BCUT2D eigenvalue weighted by Crippen LogP contribution is -2.28. The van der Waals surface area contributed by atoms with E-state index in [1.807, 2.05) is 44.2 Å². The second kappa shape index (κ2) is 9.22. The maximum Gasteiger partial charge on any atom is 0.289 e. The van der Waals surface area contributed by atoms with Gasteiger partial charge >= 0.3 is 0 Å². The average Bonchev–Trinajstić information content (AvgIpc) is 3.12. The van der Waals surface area contributed by atoms with Gasteiger partial charge in [0.2, 0.25) is 10.6 Å². The Hall–Kier alpha value is -3.04. The molecule has 32 heavy (non-hydrogen) atoms. The minimum atomic E-state index is -0.327. The molecule has 0 bridgehead atoms. The average molecular weight is 515 g/mol. The normalized spacial score (nSPS) is 11.1. The third kappa shape index (κ3) is 4.73. The maximum atomic E-state index is 12.9. The molecule has 164 valence electrons. The Labute approximate surface area is 198 Å². The van der Waals surface area contributed by atoms with Crippen LogP contribution in [0.5, 0.6) is 0 Å². The zero-order valence-corrected chi connectivity index (χ0v) is 19.9. The molecule has 0 aliphatic heterocycles. The third-order valence-corrected chi connectivity index (χ3v) is 5.69. The van der Waals surface area contributed by atoms with Gasteiger partial charge in [0.1, 0.15) is 5.82 Å². The zero-order valence-electron chi connectivity index (χ0n) is 17.6. The summed E-state index contributed by atoms with van der Waals surface area (Å²) in [6, 6.07) is 9.52. The van der Waals surface area contributed by atoms with Crippen LogP contribution in [-0.4, -0.2) is 30.6 Å². The largest absolute Gasteiger partial charge is 0.384 e. The van der Waals surface area contributed by atoms with Gasteiger partial charge in [0.25, 0.3) is 5.91 Å². The molecule has 1 amide bonds. The molecule has 3 aromatic heterocycles. The van der Waals surface area contributed by atoms with E-state index in [4.69, 9.17) is 17.3 Å². The quantitative estimate of drug-likeness (QED) is 0.401. The molecule has 4 aromatic rings. The van der Waals surface area contributed by atoms with Crippen LogP contribution in [0.25, 0.3) is 10.9 Å². The molecule has 0 unspecified atom stereocenters. The highest BCUT2D eigenvalue weighted by molar-refractivity contribution is 9.10. The molecule has 4 rings (SSSR count). The van der Waals surface area contributed by atoms with E-state index in [0.717, 1.165) is 39.7 Å². The molecule has 0 saturated heterocycles. The van der Waals surface area contributed by atoms with E-state index in [1.54, 1.807) is 10.9 Å². The number of halogens is 2.